The summed E-state index contributed by atoms with van der Waals surface area (Å²) in [5.74, 6) is 0.672. The molecule has 0 aliphatic heterocycles. The summed E-state index contributed by atoms with van der Waals surface area (Å²) in [6, 6.07) is 0. The number of aromatic nitrogens is 6. The van der Waals surface area contributed by atoms with Gasteiger partial charge in [-0.2, -0.15) is 10.3 Å². The van der Waals surface area contributed by atoms with E-state index in [9.17, 15) is 0 Å². The Labute approximate surface area is 95.2 Å². The van der Waals surface area contributed by atoms with E-state index in [0.29, 0.717) is 12.2 Å². The van der Waals surface area contributed by atoms with Crippen LogP contribution in [0.5, 0.6) is 0 Å². The van der Waals surface area contributed by atoms with Crippen molar-refractivity contribution in [2.45, 2.75) is 26.8 Å². The Kier molecular flexibility index (Phi) is 2.81. The van der Waals surface area contributed by atoms with E-state index in [1.54, 1.807) is 0 Å². The molecule has 0 spiro atoms. The number of hydrogen-bond donors (Lipinski definition) is 1. The number of nitrogens with zero attached hydrogens (tertiary/aromatic N) is 5. The first kappa shape index (κ1) is 10.3. The SMILES string of the molecule is CCn1nc(C)c(Br)c1Cc1nn[nH]n1. The van der Waals surface area contributed by atoms with E-state index >= 15 is 0 Å². The van der Waals surface area contributed by atoms with Crippen LogP contribution in [0.3, 0.4) is 0 Å². The second-order valence-electron chi connectivity index (χ2n) is 3.17. The molecule has 0 saturated heterocycles. The van der Waals surface area contributed by atoms with Gasteiger partial charge in [0, 0.05) is 6.54 Å². The second-order valence-corrected chi connectivity index (χ2v) is 3.96. The minimum atomic E-state index is 0.631. The maximum absolute atomic E-state index is 4.39. The summed E-state index contributed by atoms with van der Waals surface area (Å²) in [6.07, 6.45) is 0.631. The van der Waals surface area contributed by atoms with E-state index in [4.69, 9.17) is 0 Å². The van der Waals surface area contributed by atoms with Crippen LogP contribution in [0.1, 0.15) is 24.1 Å². The van der Waals surface area contributed by atoms with E-state index in [0.717, 1.165) is 22.4 Å². The monoisotopic (exact) mass is 270 g/mol. The molecule has 0 unspecified atom stereocenters. The zero-order valence-corrected chi connectivity index (χ0v) is 10.1. The van der Waals surface area contributed by atoms with E-state index in [1.807, 2.05) is 11.6 Å². The first-order chi connectivity index (χ1) is 7.22. The number of rotatable bonds is 3. The van der Waals surface area contributed by atoms with Crippen LogP contribution >= 0.6 is 15.9 Å². The van der Waals surface area contributed by atoms with Crippen LogP contribution in [0.4, 0.5) is 0 Å². The number of halogens is 1. The summed E-state index contributed by atoms with van der Waals surface area (Å²) in [7, 11) is 0. The first-order valence-electron chi connectivity index (χ1n) is 4.66. The van der Waals surface area contributed by atoms with Crippen LogP contribution < -0.4 is 0 Å². The van der Waals surface area contributed by atoms with Crippen molar-refractivity contribution in [3.63, 3.8) is 0 Å². The highest BCUT2D eigenvalue weighted by molar-refractivity contribution is 9.10. The largest absolute Gasteiger partial charge is 0.268 e. The van der Waals surface area contributed by atoms with Gasteiger partial charge >= 0.3 is 0 Å². The predicted molar refractivity (Wildman–Crippen MR) is 57.3 cm³/mol. The smallest absolute Gasteiger partial charge is 0.180 e. The second kappa shape index (κ2) is 4.09. The van der Waals surface area contributed by atoms with Gasteiger partial charge < -0.3 is 0 Å². The molecule has 2 rings (SSSR count). The third kappa shape index (κ3) is 1.92. The highest BCUT2D eigenvalue weighted by Crippen LogP contribution is 2.22. The average Bonchev–Trinajstić information content (AvgIpc) is 2.82. The average molecular weight is 271 g/mol. The summed E-state index contributed by atoms with van der Waals surface area (Å²) in [6.45, 7) is 4.86. The van der Waals surface area contributed by atoms with Crippen LogP contribution in [0, 0.1) is 6.92 Å². The molecule has 0 aliphatic carbocycles. The molecular formula is C8H11BrN6. The fraction of sp³-hybridized carbons (Fsp3) is 0.500. The molecule has 1 N–H and O–H groups in total. The lowest BCUT2D eigenvalue weighted by molar-refractivity contribution is 0.620. The van der Waals surface area contributed by atoms with Gasteiger partial charge in [-0.3, -0.25) is 4.68 Å². The Morgan fingerprint density at radius 2 is 2.27 bits per heavy atom. The molecular weight excluding hydrogens is 260 g/mol. The standard InChI is InChI=1S/C8H11BrN6/c1-3-15-6(8(9)5(2)12-15)4-7-10-13-14-11-7/h3-4H2,1-2H3,(H,10,11,13,14). The van der Waals surface area contributed by atoms with Gasteiger partial charge in [0.2, 0.25) is 0 Å². The van der Waals surface area contributed by atoms with E-state index < -0.39 is 0 Å². The van der Waals surface area contributed by atoms with Crippen LogP contribution in [0.25, 0.3) is 0 Å². The van der Waals surface area contributed by atoms with Crippen LogP contribution in [-0.2, 0) is 13.0 Å². The van der Waals surface area contributed by atoms with Gasteiger partial charge in [-0.25, -0.2) is 0 Å². The summed E-state index contributed by atoms with van der Waals surface area (Å²) in [5.41, 5.74) is 2.06. The molecule has 7 heteroatoms. The van der Waals surface area contributed by atoms with Crippen molar-refractivity contribution in [1.29, 1.82) is 0 Å². The Hall–Kier alpha value is -1.24. The number of H-pyrrole nitrogens is 1. The minimum absolute atomic E-state index is 0.631. The van der Waals surface area contributed by atoms with E-state index in [-0.39, 0.29) is 0 Å². The van der Waals surface area contributed by atoms with Crippen LogP contribution in [-0.4, -0.2) is 30.4 Å². The zero-order valence-electron chi connectivity index (χ0n) is 8.53. The zero-order chi connectivity index (χ0) is 10.8. The fourth-order valence-electron chi connectivity index (χ4n) is 1.45. The third-order valence-electron chi connectivity index (χ3n) is 2.17. The van der Waals surface area contributed by atoms with Crippen molar-refractivity contribution in [3.05, 3.63) is 21.7 Å². The maximum Gasteiger partial charge on any atom is 0.180 e. The lowest BCUT2D eigenvalue weighted by Gasteiger charge is -2.01. The summed E-state index contributed by atoms with van der Waals surface area (Å²) >= 11 is 3.52. The Balaban J connectivity index is 2.34. The van der Waals surface area contributed by atoms with Crippen molar-refractivity contribution >= 4 is 15.9 Å². The van der Waals surface area contributed by atoms with Gasteiger partial charge in [0.15, 0.2) is 5.82 Å². The number of nitrogens with one attached hydrogen (secondary N) is 1. The molecule has 2 aromatic heterocycles. The van der Waals surface area contributed by atoms with Crippen molar-refractivity contribution in [2.24, 2.45) is 0 Å². The van der Waals surface area contributed by atoms with Gasteiger partial charge in [-0.1, -0.05) is 5.21 Å². The lowest BCUT2D eigenvalue weighted by atomic mass is 10.3. The van der Waals surface area contributed by atoms with Gasteiger partial charge in [-0.15, -0.1) is 10.2 Å². The van der Waals surface area contributed by atoms with Gasteiger partial charge in [0.1, 0.15) is 0 Å². The molecule has 0 atom stereocenters. The molecule has 0 amide bonds. The Bertz CT molecular complexity index is 446. The highest BCUT2D eigenvalue weighted by atomic mass is 79.9. The van der Waals surface area contributed by atoms with Crippen LogP contribution in [0.15, 0.2) is 4.47 Å². The summed E-state index contributed by atoms with van der Waals surface area (Å²) in [4.78, 5) is 0. The molecule has 2 aromatic rings. The Morgan fingerprint density at radius 3 is 2.87 bits per heavy atom. The highest BCUT2D eigenvalue weighted by Gasteiger charge is 2.14. The van der Waals surface area contributed by atoms with Crippen molar-refractivity contribution in [1.82, 2.24) is 30.4 Å². The maximum atomic E-state index is 4.39. The molecule has 6 nitrogen and oxygen atoms in total. The normalized spacial score (nSPS) is 10.9. The van der Waals surface area contributed by atoms with Gasteiger partial charge in [0.25, 0.3) is 0 Å². The van der Waals surface area contributed by atoms with Crippen molar-refractivity contribution in [3.8, 4) is 0 Å². The lowest BCUT2D eigenvalue weighted by Crippen LogP contribution is -2.04. The minimum Gasteiger partial charge on any atom is -0.268 e. The van der Waals surface area contributed by atoms with Crippen molar-refractivity contribution < 1.29 is 0 Å². The molecule has 15 heavy (non-hydrogen) atoms. The molecule has 0 fully saturated rings. The number of aryl methyl sites for hydroxylation is 2. The number of tetrazole rings is 1. The predicted octanol–water partition coefficient (Wildman–Crippen LogP) is 1.08. The molecule has 0 aliphatic rings. The number of hydrogen-bond acceptors (Lipinski definition) is 4. The van der Waals surface area contributed by atoms with E-state index in [2.05, 4.69) is 48.6 Å². The summed E-state index contributed by atoms with van der Waals surface area (Å²) in [5, 5.41) is 18.2. The third-order valence-corrected chi connectivity index (χ3v) is 3.20. The molecule has 0 saturated carbocycles. The molecule has 0 radical (unpaired) electrons. The summed E-state index contributed by atoms with van der Waals surface area (Å²) < 4.78 is 2.96. The van der Waals surface area contributed by atoms with Crippen molar-refractivity contribution in [2.75, 3.05) is 0 Å². The fourth-order valence-corrected chi connectivity index (χ4v) is 1.87. The quantitative estimate of drug-likeness (QED) is 0.906. The molecule has 0 aromatic carbocycles. The van der Waals surface area contributed by atoms with Crippen LogP contribution in [0.2, 0.25) is 0 Å². The first-order valence-corrected chi connectivity index (χ1v) is 5.45. The topological polar surface area (TPSA) is 72.3 Å². The van der Waals surface area contributed by atoms with E-state index in [1.165, 1.54) is 0 Å². The van der Waals surface area contributed by atoms with Gasteiger partial charge in [0.05, 0.1) is 22.3 Å². The molecule has 0 bridgehead atoms. The van der Waals surface area contributed by atoms with Gasteiger partial charge in [-0.05, 0) is 29.8 Å². The molecule has 80 valence electrons. The Morgan fingerprint density at radius 1 is 1.47 bits per heavy atom. The number of aromatic amines is 1. The molecule has 2 heterocycles.